The van der Waals surface area contributed by atoms with E-state index in [1.165, 1.54) is 0 Å². The zero-order chi connectivity index (χ0) is 11.1. The fourth-order valence-corrected chi connectivity index (χ4v) is 1.74. The first-order valence-electron chi connectivity index (χ1n) is 5.11. The first kappa shape index (κ1) is 12.1. The first-order chi connectivity index (χ1) is 7.22. The number of hydrogen-bond donors (Lipinski definition) is 2. The second-order valence-corrected chi connectivity index (χ2v) is 4.17. The summed E-state index contributed by atoms with van der Waals surface area (Å²) in [6, 6.07) is -0.0238. The minimum Gasteiger partial charge on any atom is -0.356 e. The molecular formula is C10H17N3OS. The molecule has 1 aromatic heterocycles. The summed E-state index contributed by atoms with van der Waals surface area (Å²) in [6.45, 7) is 2.62. The number of thiazole rings is 1. The molecule has 1 unspecified atom stereocenters. The molecule has 0 radical (unpaired) electrons. The highest BCUT2D eigenvalue weighted by molar-refractivity contribution is 7.07. The van der Waals surface area contributed by atoms with Gasteiger partial charge >= 0.3 is 0 Å². The van der Waals surface area contributed by atoms with Crippen LogP contribution in [0, 0.1) is 0 Å². The highest BCUT2D eigenvalue weighted by Crippen LogP contribution is 2.00. The monoisotopic (exact) mass is 227 g/mol. The number of carbonyl (C=O) groups excluding carboxylic acids is 1. The summed E-state index contributed by atoms with van der Waals surface area (Å²) in [6.07, 6.45) is 2.03. The molecule has 15 heavy (non-hydrogen) atoms. The van der Waals surface area contributed by atoms with Crippen LogP contribution in [0.15, 0.2) is 10.9 Å². The van der Waals surface area contributed by atoms with Crippen LogP contribution < -0.4 is 11.1 Å². The Balaban J connectivity index is 2.12. The Morgan fingerprint density at radius 2 is 2.53 bits per heavy atom. The molecule has 0 spiro atoms. The van der Waals surface area contributed by atoms with E-state index in [4.69, 9.17) is 5.73 Å². The zero-order valence-electron chi connectivity index (χ0n) is 8.90. The van der Waals surface area contributed by atoms with Gasteiger partial charge in [0.05, 0.1) is 11.2 Å². The minimum atomic E-state index is -0.0238. The summed E-state index contributed by atoms with van der Waals surface area (Å²) < 4.78 is 0. The smallest absolute Gasteiger partial charge is 0.221 e. The van der Waals surface area contributed by atoms with Crippen LogP contribution in [0.2, 0.25) is 0 Å². The molecule has 0 bridgehead atoms. The highest BCUT2D eigenvalue weighted by atomic mass is 32.1. The van der Waals surface area contributed by atoms with Crippen molar-refractivity contribution in [2.75, 3.05) is 6.54 Å². The van der Waals surface area contributed by atoms with Crippen LogP contribution in [0.5, 0.6) is 0 Å². The van der Waals surface area contributed by atoms with Crippen LogP contribution in [0.4, 0.5) is 0 Å². The molecular weight excluding hydrogens is 210 g/mol. The molecule has 1 amide bonds. The Morgan fingerprint density at radius 1 is 1.73 bits per heavy atom. The minimum absolute atomic E-state index is 0.0238. The fraction of sp³-hybridized carbons (Fsp3) is 0.600. The lowest BCUT2D eigenvalue weighted by Gasteiger charge is -2.08. The lowest BCUT2D eigenvalue weighted by atomic mass is 10.1. The van der Waals surface area contributed by atoms with E-state index in [2.05, 4.69) is 10.3 Å². The number of amides is 1. The van der Waals surface area contributed by atoms with Crippen LogP contribution in [-0.2, 0) is 11.2 Å². The maximum absolute atomic E-state index is 11.3. The summed E-state index contributed by atoms with van der Waals surface area (Å²) in [5.41, 5.74) is 8.49. The maximum Gasteiger partial charge on any atom is 0.221 e. The Labute approximate surface area is 93.9 Å². The van der Waals surface area contributed by atoms with Gasteiger partial charge in [-0.05, 0) is 6.42 Å². The summed E-state index contributed by atoms with van der Waals surface area (Å²) in [7, 11) is 0. The van der Waals surface area contributed by atoms with Crippen molar-refractivity contribution in [2.45, 2.75) is 32.2 Å². The molecule has 4 nitrogen and oxygen atoms in total. The Hall–Kier alpha value is -0.940. The molecule has 0 aliphatic carbocycles. The highest BCUT2D eigenvalue weighted by Gasteiger charge is 2.06. The van der Waals surface area contributed by atoms with E-state index in [0.29, 0.717) is 13.0 Å². The molecule has 0 aliphatic heterocycles. The van der Waals surface area contributed by atoms with Crippen molar-refractivity contribution in [1.82, 2.24) is 10.3 Å². The van der Waals surface area contributed by atoms with E-state index < -0.39 is 0 Å². The number of rotatable bonds is 6. The third kappa shape index (κ3) is 4.90. The van der Waals surface area contributed by atoms with Gasteiger partial charge in [0.25, 0.3) is 0 Å². The third-order valence-electron chi connectivity index (χ3n) is 2.16. The van der Waals surface area contributed by atoms with Crippen molar-refractivity contribution in [3.05, 3.63) is 16.6 Å². The van der Waals surface area contributed by atoms with Crippen LogP contribution in [0.25, 0.3) is 0 Å². The Morgan fingerprint density at radius 3 is 3.13 bits per heavy atom. The molecule has 1 aromatic rings. The number of aromatic nitrogens is 1. The van der Waals surface area contributed by atoms with Gasteiger partial charge < -0.3 is 11.1 Å². The summed E-state index contributed by atoms with van der Waals surface area (Å²) in [5.74, 6) is 0.0274. The van der Waals surface area contributed by atoms with Crippen molar-refractivity contribution in [3.63, 3.8) is 0 Å². The van der Waals surface area contributed by atoms with Gasteiger partial charge in [0, 0.05) is 30.8 Å². The number of carbonyl (C=O) groups is 1. The molecule has 0 aliphatic rings. The molecule has 0 fully saturated rings. The Kier molecular flexibility index (Phi) is 5.28. The summed E-state index contributed by atoms with van der Waals surface area (Å²) >= 11 is 1.57. The molecule has 1 heterocycles. The van der Waals surface area contributed by atoms with Gasteiger partial charge in [0.1, 0.15) is 0 Å². The molecule has 0 aromatic carbocycles. The number of nitrogens with zero attached hydrogens (tertiary/aromatic N) is 1. The normalized spacial score (nSPS) is 12.4. The van der Waals surface area contributed by atoms with E-state index in [9.17, 15) is 4.79 Å². The summed E-state index contributed by atoms with van der Waals surface area (Å²) in [5, 5.41) is 4.82. The quantitative estimate of drug-likeness (QED) is 0.759. The second-order valence-electron chi connectivity index (χ2n) is 3.45. The first-order valence-corrected chi connectivity index (χ1v) is 6.06. The lowest BCUT2D eigenvalue weighted by Crippen LogP contribution is -2.32. The van der Waals surface area contributed by atoms with Gasteiger partial charge in [-0.2, -0.15) is 0 Å². The largest absolute Gasteiger partial charge is 0.356 e. The van der Waals surface area contributed by atoms with E-state index in [0.717, 1.165) is 18.5 Å². The molecule has 1 atom stereocenters. The van der Waals surface area contributed by atoms with E-state index in [1.54, 1.807) is 16.8 Å². The second kappa shape index (κ2) is 6.53. The molecule has 3 N–H and O–H groups in total. The van der Waals surface area contributed by atoms with Gasteiger partial charge in [-0.15, -0.1) is 11.3 Å². The molecule has 5 heteroatoms. The molecule has 0 saturated carbocycles. The van der Waals surface area contributed by atoms with Crippen LogP contribution in [-0.4, -0.2) is 23.5 Å². The SMILES string of the molecule is CCC(N)CC(=O)NCCc1cscn1. The standard InChI is InChI=1S/C10H17N3OS/c1-2-8(11)5-10(14)12-4-3-9-6-15-7-13-9/h6-8H,2-5,11H2,1H3,(H,12,14). The van der Waals surface area contributed by atoms with Crippen molar-refractivity contribution in [2.24, 2.45) is 5.73 Å². The van der Waals surface area contributed by atoms with Crippen LogP contribution >= 0.6 is 11.3 Å². The van der Waals surface area contributed by atoms with Gasteiger partial charge in [-0.25, -0.2) is 4.98 Å². The van der Waals surface area contributed by atoms with Crippen LogP contribution in [0.3, 0.4) is 0 Å². The van der Waals surface area contributed by atoms with Crippen molar-refractivity contribution >= 4 is 17.2 Å². The topological polar surface area (TPSA) is 68.0 Å². The van der Waals surface area contributed by atoms with Crippen LogP contribution in [0.1, 0.15) is 25.5 Å². The Bertz CT molecular complexity index is 287. The van der Waals surface area contributed by atoms with Crippen molar-refractivity contribution in [1.29, 1.82) is 0 Å². The third-order valence-corrected chi connectivity index (χ3v) is 2.79. The van der Waals surface area contributed by atoms with E-state index >= 15 is 0 Å². The van der Waals surface area contributed by atoms with Gasteiger partial charge in [-0.3, -0.25) is 4.79 Å². The predicted molar refractivity (Wildman–Crippen MR) is 61.7 cm³/mol. The van der Waals surface area contributed by atoms with Crippen molar-refractivity contribution < 1.29 is 4.79 Å². The molecule has 0 saturated heterocycles. The van der Waals surface area contributed by atoms with Gasteiger partial charge in [0.15, 0.2) is 0 Å². The molecule has 84 valence electrons. The van der Waals surface area contributed by atoms with Crippen molar-refractivity contribution in [3.8, 4) is 0 Å². The van der Waals surface area contributed by atoms with Gasteiger partial charge in [0.2, 0.25) is 5.91 Å². The van der Waals surface area contributed by atoms with E-state index in [-0.39, 0.29) is 11.9 Å². The van der Waals surface area contributed by atoms with E-state index in [1.807, 2.05) is 12.3 Å². The number of nitrogens with one attached hydrogen (secondary N) is 1. The summed E-state index contributed by atoms with van der Waals surface area (Å²) in [4.78, 5) is 15.5. The van der Waals surface area contributed by atoms with Gasteiger partial charge in [-0.1, -0.05) is 6.92 Å². The predicted octanol–water partition coefficient (Wildman–Crippen LogP) is 0.929. The lowest BCUT2D eigenvalue weighted by molar-refractivity contribution is -0.121. The maximum atomic E-state index is 11.3. The zero-order valence-corrected chi connectivity index (χ0v) is 9.72. The average Bonchev–Trinajstić information content (AvgIpc) is 2.70. The average molecular weight is 227 g/mol. The number of nitrogens with two attached hydrogens (primary N) is 1. The number of hydrogen-bond acceptors (Lipinski definition) is 4. The molecule has 1 rings (SSSR count). The fourth-order valence-electron chi connectivity index (χ4n) is 1.15.